The molecule has 1 fully saturated rings. The third-order valence-corrected chi connectivity index (χ3v) is 5.22. The Morgan fingerprint density at radius 2 is 1.96 bits per heavy atom. The number of anilines is 2. The second-order valence-corrected chi connectivity index (χ2v) is 7.37. The standard InChI is InChI=1S/C20H19FN4O2S/c21-14-3-6-16(7-4-14)27-12-19-24-17(13-28-19)20(26)23-15-5-8-18(22-11-15)25-9-1-2-10-25/h3-8,11,13H,1-2,9-10,12H2,(H,23,26). The van der Waals surface area contributed by atoms with E-state index in [9.17, 15) is 9.18 Å². The van der Waals surface area contributed by atoms with Crippen molar-refractivity contribution in [2.75, 3.05) is 23.3 Å². The van der Waals surface area contributed by atoms with Gasteiger partial charge in [0.05, 0.1) is 11.9 Å². The van der Waals surface area contributed by atoms with Gasteiger partial charge in [0.1, 0.15) is 34.7 Å². The molecular formula is C20H19FN4O2S. The van der Waals surface area contributed by atoms with Crippen LogP contribution in [0.15, 0.2) is 48.0 Å². The maximum atomic E-state index is 12.9. The number of carbonyl (C=O) groups excluding carboxylic acids is 1. The number of nitrogens with one attached hydrogen (secondary N) is 1. The summed E-state index contributed by atoms with van der Waals surface area (Å²) in [6.07, 6.45) is 4.05. The Morgan fingerprint density at radius 3 is 2.68 bits per heavy atom. The van der Waals surface area contributed by atoms with Crippen molar-refractivity contribution in [1.29, 1.82) is 0 Å². The predicted molar refractivity (Wildman–Crippen MR) is 106 cm³/mol. The molecule has 1 N–H and O–H groups in total. The van der Waals surface area contributed by atoms with Crippen molar-refractivity contribution in [3.8, 4) is 5.75 Å². The SMILES string of the molecule is O=C(Nc1ccc(N2CCCC2)nc1)c1csc(COc2ccc(F)cc2)n1. The summed E-state index contributed by atoms with van der Waals surface area (Å²) in [5, 5.41) is 5.16. The van der Waals surface area contributed by atoms with Crippen molar-refractivity contribution in [3.63, 3.8) is 0 Å². The second-order valence-electron chi connectivity index (χ2n) is 6.42. The highest BCUT2D eigenvalue weighted by molar-refractivity contribution is 7.09. The van der Waals surface area contributed by atoms with E-state index >= 15 is 0 Å². The van der Waals surface area contributed by atoms with Gasteiger partial charge in [0.25, 0.3) is 5.91 Å². The Labute approximate surface area is 166 Å². The van der Waals surface area contributed by atoms with Crippen LogP contribution in [0.25, 0.3) is 0 Å². The molecule has 0 spiro atoms. The lowest BCUT2D eigenvalue weighted by Crippen LogP contribution is -2.19. The maximum absolute atomic E-state index is 12.9. The zero-order valence-electron chi connectivity index (χ0n) is 15.1. The molecule has 3 aromatic rings. The Kier molecular flexibility index (Phi) is 5.48. The van der Waals surface area contributed by atoms with E-state index in [2.05, 4.69) is 20.2 Å². The van der Waals surface area contributed by atoms with Crippen LogP contribution < -0.4 is 15.0 Å². The molecule has 0 unspecified atom stereocenters. The lowest BCUT2D eigenvalue weighted by Gasteiger charge is -2.16. The fourth-order valence-corrected chi connectivity index (χ4v) is 3.63. The minimum atomic E-state index is -0.316. The summed E-state index contributed by atoms with van der Waals surface area (Å²) < 4.78 is 18.5. The van der Waals surface area contributed by atoms with Gasteiger partial charge in [-0.25, -0.2) is 14.4 Å². The van der Waals surface area contributed by atoms with E-state index < -0.39 is 0 Å². The Hall–Kier alpha value is -3.00. The lowest BCUT2D eigenvalue weighted by atomic mass is 10.3. The number of pyridine rings is 1. The first-order valence-electron chi connectivity index (χ1n) is 9.02. The molecule has 2 aromatic heterocycles. The molecule has 0 atom stereocenters. The number of benzene rings is 1. The maximum Gasteiger partial charge on any atom is 0.275 e. The summed E-state index contributed by atoms with van der Waals surface area (Å²) in [5.41, 5.74) is 0.955. The average Bonchev–Trinajstić information content (AvgIpc) is 3.40. The number of hydrogen-bond acceptors (Lipinski definition) is 6. The molecule has 0 radical (unpaired) electrons. The van der Waals surface area contributed by atoms with Crippen molar-refractivity contribution < 1.29 is 13.9 Å². The molecule has 28 heavy (non-hydrogen) atoms. The van der Waals surface area contributed by atoms with E-state index in [1.807, 2.05) is 12.1 Å². The number of carbonyl (C=O) groups is 1. The fourth-order valence-electron chi connectivity index (χ4n) is 2.95. The van der Waals surface area contributed by atoms with Crippen LogP contribution in [0, 0.1) is 5.82 Å². The third kappa shape index (κ3) is 4.45. The van der Waals surface area contributed by atoms with Crippen molar-refractivity contribution >= 4 is 28.7 Å². The van der Waals surface area contributed by atoms with E-state index in [1.54, 1.807) is 23.7 Å². The van der Waals surface area contributed by atoms with Gasteiger partial charge in [-0.2, -0.15) is 0 Å². The van der Waals surface area contributed by atoms with Gasteiger partial charge in [0.2, 0.25) is 0 Å². The Bertz CT molecular complexity index is 938. The van der Waals surface area contributed by atoms with E-state index in [4.69, 9.17) is 4.74 Å². The van der Waals surface area contributed by atoms with Crippen molar-refractivity contribution in [1.82, 2.24) is 9.97 Å². The number of rotatable bonds is 6. The highest BCUT2D eigenvalue weighted by Gasteiger charge is 2.15. The smallest absolute Gasteiger partial charge is 0.275 e. The van der Waals surface area contributed by atoms with Crippen LogP contribution in [0.1, 0.15) is 28.3 Å². The molecular weight excluding hydrogens is 379 g/mol. The highest BCUT2D eigenvalue weighted by Crippen LogP contribution is 2.20. The minimum absolute atomic E-state index is 0.218. The van der Waals surface area contributed by atoms with Gasteiger partial charge in [0.15, 0.2) is 0 Å². The molecule has 1 saturated heterocycles. The molecule has 1 aromatic carbocycles. The summed E-state index contributed by atoms with van der Waals surface area (Å²) in [4.78, 5) is 23.4. The fraction of sp³-hybridized carbons (Fsp3) is 0.250. The van der Waals surface area contributed by atoms with Gasteiger partial charge in [-0.3, -0.25) is 4.79 Å². The number of aromatic nitrogens is 2. The number of nitrogens with zero attached hydrogens (tertiary/aromatic N) is 3. The monoisotopic (exact) mass is 398 g/mol. The summed E-state index contributed by atoms with van der Waals surface area (Å²) in [7, 11) is 0. The Morgan fingerprint density at radius 1 is 1.18 bits per heavy atom. The molecule has 1 amide bonds. The number of halogens is 1. The van der Waals surface area contributed by atoms with E-state index in [0.717, 1.165) is 18.9 Å². The number of amides is 1. The van der Waals surface area contributed by atoms with Gasteiger partial charge in [0, 0.05) is 18.5 Å². The molecule has 1 aliphatic rings. The van der Waals surface area contributed by atoms with Crippen LogP contribution in [0.2, 0.25) is 0 Å². The van der Waals surface area contributed by atoms with Crippen molar-refractivity contribution in [3.05, 3.63) is 64.5 Å². The Balaban J connectivity index is 1.33. The zero-order chi connectivity index (χ0) is 19.3. The van der Waals surface area contributed by atoms with Crippen LogP contribution in [0.4, 0.5) is 15.9 Å². The average molecular weight is 398 g/mol. The topological polar surface area (TPSA) is 67.4 Å². The van der Waals surface area contributed by atoms with E-state index in [1.165, 1.54) is 36.3 Å². The third-order valence-electron chi connectivity index (χ3n) is 4.40. The lowest BCUT2D eigenvalue weighted by molar-refractivity contribution is 0.102. The predicted octanol–water partition coefficient (Wildman–Crippen LogP) is 4.11. The largest absolute Gasteiger partial charge is 0.486 e. The van der Waals surface area contributed by atoms with Crippen molar-refractivity contribution in [2.24, 2.45) is 0 Å². The van der Waals surface area contributed by atoms with Gasteiger partial charge >= 0.3 is 0 Å². The van der Waals surface area contributed by atoms with E-state index in [-0.39, 0.29) is 18.3 Å². The molecule has 0 aliphatic carbocycles. The van der Waals surface area contributed by atoms with E-state index in [0.29, 0.717) is 22.1 Å². The highest BCUT2D eigenvalue weighted by atomic mass is 32.1. The number of thiazole rings is 1. The zero-order valence-corrected chi connectivity index (χ0v) is 15.9. The van der Waals surface area contributed by atoms with Crippen LogP contribution >= 0.6 is 11.3 Å². The molecule has 4 rings (SSSR count). The summed E-state index contributed by atoms with van der Waals surface area (Å²) >= 11 is 1.34. The normalized spacial score (nSPS) is 13.5. The van der Waals surface area contributed by atoms with Gasteiger partial charge in [-0.1, -0.05) is 0 Å². The molecule has 0 saturated carbocycles. The molecule has 3 heterocycles. The summed E-state index contributed by atoms with van der Waals surface area (Å²) in [6, 6.07) is 9.54. The number of ether oxygens (including phenoxy) is 1. The van der Waals surface area contributed by atoms with Crippen LogP contribution in [-0.2, 0) is 6.61 Å². The van der Waals surface area contributed by atoms with Crippen LogP contribution in [-0.4, -0.2) is 29.0 Å². The summed E-state index contributed by atoms with van der Waals surface area (Å²) in [6.45, 7) is 2.27. The molecule has 6 nitrogen and oxygen atoms in total. The van der Waals surface area contributed by atoms with Crippen molar-refractivity contribution in [2.45, 2.75) is 19.4 Å². The van der Waals surface area contributed by atoms with Gasteiger partial charge in [-0.15, -0.1) is 11.3 Å². The quantitative estimate of drug-likeness (QED) is 0.677. The molecule has 144 valence electrons. The first kappa shape index (κ1) is 18.4. The summed E-state index contributed by atoms with van der Waals surface area (Å²) in [5.74, 6) is 0.875. The van der Waals surface area contributed by atoms with Crippen LogP contribution in [0.5, 0.6) is 5.75 Å². The molecule has 0 bridgehead atoms. The van der Waals surface area contributed by atoms with Gasteiger partial charge in [-0.05, 0) is 49.2 Å². The van der Waals surface area contributed by atoms with Gasteiger partial charge < -0.3 is 15.0 Å². The number of hydrogen-bond donors (Lipinski definition) is 1. The molecule has 1 aliphatic heterocycles. The first-order chi connectivity index (χ1) is 13.7. The minimum Gasteiger partial charge on any atom is -0.486 e. The second kappa shape index (κ2) is 8.35. The first-order valence-corrected chi connectivity index (χ1v) is 9.90. The van der Waals surface area contributed by atoms with Crippen LogP contribution in [0.3, 0.4) is 0 Å². The molecule has 8 heteroatoms.